The van der Waals surface area contributed by atoms with Crippen molar-refractivity contribution in [3.63, 3.8) is 0 Å². The number of anilines is 1. The summed E-state index contributed by atoms with van der Waals surface area (Å²) in [4.78, 5) is 2.23. The molecule has 4 heteroatoms. The van der Waals surface area contributed by atoms with Gasteiger partial charge in [-0.2, -0.15) is 0 Å². The second kappa shape index (κ2) is 5.54. The van der Waals surface area contributed by atoms with Crippen LogP contribution in [0.15, 0.2) is 46.9 Å². The van der Waals surface area contributed by atoms with E-state index in [9.17, 15) is 4.39 Å². The minimum absolute atomic E-state index is 0.122. The van der Waals surface area contributed by atoms with Gasteiger partial charge in [0.15, 0.2) is 0 Å². The Hall–Kier alpha value is -1.39. The van der Waals surface area contributed by atoms with Crippen LogP contribution >= 0.6 is 15.9 Å². The van der Waals surface area contributed by atoms with Crippen molar-refractivity contribution >= 4 is 21.6 Å². The second-order valence-corrected chi connectivity index (χ2v) is 6.06. The molecule has 1 atom stereocenters. The molecule has 1 aliphatic heterocycles. The van der Waals surface area contributed by atoms with Gasteiger partial charge < -0.3 is 10.6 Å². The fourth-order valence-corrected chi connectivity index (χ4v) is 3.11. The van der Waals surface area contributed by atoms with Crippen LogP contribution < -0.4 is 10.6 Å². The number of hydrogen-bond donors (Lipinski definition) is 1. The molecule has 2 aromatic rings. The highest BCUT2D eigenvalue weighted by Gasteiger charge is 2.22. The SMILES string of the molecule is NC1Cc2ccccc2N(Cc2cc(F)ccc2Br)C1. The summed E-state index contributed by atoms with van der Waals surface area (Å²) in [5, 5.41) is 0. The molecule has 0 spiro atoms. The fourth-order valence-electron chi connectivity index (χ4n) is 2.74. The summed E-state index contributed by atoms with van der Waals surface area (Å²) in [5.41, 5.74) is 9.54. The van der Waals surface area contributed by atoms with Gasteiger partial charge in [0.2, 0.25) is 0 Å². The molecule has 104 valence electrons. The van der Waals surface area contributed by atoms with E-state index >= 15 is 0 Å². The van der Waals surface area contributed by atoms with Crippen LogP contribution in [0.3, 0.4) is 0 Å². The first-order valence-corrected chi connectivity index (χ1v) is 7.45. The van der Waals surface area contributed by atoms with E-state index in [4.69, 9.17) is 5.73 Å². The Kier molecular flexibility index (Phi) is 3.76. The van der Waals surface area contributed by atoms with Crippen molar-refractivity contribution in [3.05, 3.63) is 63.9 Å². The molecule has 0 aromatic heterocycles. The molecule has 0 radical (unpaired) electrons. The number of fused-ring (bicyclic) bond motifs is 1. The van der Waals surface area contributed by atoms with E-state index in [1.807, 2.05) is 12.1 Å². The predicted octanol–water partition coefficient (Wildman–Crippen LogP) is 3.48. The Balaban J connectivity index is 1.93. The Morgan fingerprint density at radius 2 is 2.05 bits per heavy atom. The molecular weight excluding hydrogens is 319 g/mol. The summed E-state index contributed by atoms with van der Waals surface area (Å²) in [6, 6.07) is 13.2. The topological polar surface area (TPSA) is 29.3 Å². The maximum absolute atomic E-state index is 13.4. The number of nitrogens with zero attached hydrogens (tertiary/aromatic N) is 1. The largest absolute Gasteiger partial charge is 0.365 e. The quantitative estimate of drug-likeness (QED) is 0.910. The van der Waals surface area contributed by atoms with Crippen LogP contribution in [-0.2, 0) is 13.0 Å². The minimum atomic E-state index is -0.210. The molecular formula is C16H16BrFN2. The lowest BCUT2D eigenvalue weighted by atomic mass is 9.98. The maximum atomic E-state index is 13.4. The Labute approximate surface area is 126 Å². The Morgan fingerprint density at radius 3 is 2.90 bits per heavy atom. The number of hydrogen-bond acceptors (Lipinski definition) is 2. The monoisotopic (exact) mass is 334 g/mol. The van der Waals surface area contributed by atoms with Gasteiger partial charge >= 0.3 is 0 Å². The van der Waals surface area contributed by atoms with Gasteiger partial charge in [-0.25, -0.2) is 4.39 Å². The van der Waals surface area contributed by atoms with Crippen molar-refractivity contribution in [2.24, 2.45) is 5.73 Å². The average Bonchev–Trinajstić information content (AvgIpc) is 2.43. The summed E-state index contributed by atoms with van der Waals surface area (Å²) in [6.45, 7) is 1.45. The molecule has 0 amide bonds. The molecule has 1 unspecified atom stereocenters. The number of rotatable bonds is 2. The molecule has 0 saturated carbocycles. The zero-order valence-electron chi connectivity index (χ0n) is 11.0. The fraction of sp³-hybridized carbons (Fsp3) is 0.250. The lowest BCUT2D eigenvalue weighted by molar-refractivity contribution is 0.594. The van der Waals surface area contributed by atoms with Gasteiger partial charge in [0.25, 0.3) is 0 Å². The van der Waals surface area contributed by atoms with E-state index in [0.717, 1.165) is 23.0 Å². The van der Waals surface area contributed by atoms with Crippen LogP contribution in [-0.4, -0.2) is 12.6 Å². The lowest BCUT2D eigenvalue weighted by Crippen LogP contribution is -2.42. The first-order chi connectivity index (χ1) is 9.63. The van der Waals surface area contributed by atoms with Gasteiger partial charge in [0.05, 0.1) is 0 Å². The van der Waals surface area contributed by atoms with Gasteiger partial charge in [0, 0.05) is 29.3 Å². The molecule has 0 aliphatic carbocycles. The van der Waals surface area contributed by atoms with Crippen molar-refractivity contribution in [2.75, 3.05) is 11.4 Å². The maximum Gasteiger partial charge on any atom is 0.123 e. The standard InChI is InChI=1S/C16H16BrFN2/c17-15-6-5-13(18)7-12(15)9-20-10-14(19)8-11-3-1-2-4-16(11)20/h1-7,14H,8-10,19H2. The number of para-hydroxylation sites is 1. The van der Waals surface area contributed by atoms with E-state index in [-0.39, 0.29) is 11.9 Å². The third kappa shape index (κ3) is 2.72. The summed E-state index contributed by atoms with van der Waals surface area (Å²) in [6.07, 6.45) is 0.900. The highest BCUT2D eigenvalue weighted by atomic mass is 79.9. The molecule has 0 bridgehead atoms. The summed E-state index contributed by atoms with van der Waals surface area (Å²) < 4.78 is 14.3. The van der Waals surface area contributed by atoms with Crippen LogP contribution in [0.5, 0.6) is 0 Å². The van der Waals surface area contributed by atoms with E-state index < -0.39 is 0 Å². The van der Waals surface area contributed by atoms with Crippen LogP contribution in [0.2, 0.25) is 0 Å². The molecule has 0 saturated heterocycles. The van der Waals surface area contributed by atoms with Crippen molar-refractivity contribution in [1.82, 2.24) is 0 Å². The first-order valence-electron chi connectivity index (χ1n) is 6.66. The summed E-state index contributed by atoms with van der Waals surface area (Å²) in [7, 11) is 0. The number of nitrogens with two attached hydrogens (primary N) is 1. The predicted molar refractivity (Wildman–Crippen MR) is 83.3 cm³/mol. The molecule has 2 N–H and O–H groups in total. The van der Waals surface area contributed by atoms with E-state index in [1.165, 1.54) is 17.3 Å². The van der Waals surface area contributed by atoms with E-state index in [1.54, 1.807) is 12.1 Å². The highest BCUT2D eigenvalue weighted by Crippen LogP contribution is 2.29. The van der Waals surface area contributed by atoms with Crippen LogP contribution in [0, 0.1) is 5.82 Å². The molecule has 2 aromatic carbocycles. The second-order valence-electron chi connectivity index (χ2n) is 5.21. The van der Waals surface area contributed by atoms with E-state index in [0.29, 0.717) is 6.54 Å². The van der Waals surface area contributed by atoms with E-state index in [2.05, 4.69) is 33.0 Å². The number of halogens is 2. The van der Waals surface area contributed by atoms with Crippen molar-refractivity contribution < 1.29 is 4.39 Å². The first kappa shape index (κ1) is 13.6. The lowest BCUT2D eigenvalue weighted by Gasteiger charge is -2.35. The van der Waals surface area contributed by atoms with Gasteiger partial charge in [-0.1, -0.05) is 34.1 Å². The smallest absolute Gasteiger partial charge is 0.123 e. The summed E-state index contributed by atoms with van der Waals surface area (Å²) >= 11 is 3.49. The highest BCUT2D eigenvalue weighted by molar-refractivity contribution is 9.10. The third-order valence-corrected chi connectivity index (χ3v) is 4.41. The van der Waals surface area contributed by atoms with Gasteiger partial charge in [-0.3, -0.25) is 0 Å². The zero-order chi connectivity index (χ0) is 14.1. The molecule has 2 nitrogen and oxygen atoms in total. The van der Waals surface area contributed by atoms with Crippen molar-refractivity contribution in [2.45, 2.75) is 19.0 Å². The van der Waals surface area contributed by atoms with Crippen molar-refractivity contribution in [3.8, 4) is 0 Å². The van der Waals surface area contributed by atoms with Crippen molar-refractivity contribution in [1.29, 1.82) is 0 Å². The Morgan fingerprint density at radius 1 is 1.25 bits per heavy atom. The van der Waals surface area contributed by atoms with Gasteiger partial charge in [-0.05, 0) is 41.8 Å². The third-order valence-electron chi connectivity index (χ3n) is 3.64. The molecule has 1 heterocycles. The molecule has 3 rings (SSSR count). The van der Waals surface area contributed by atoms with Crippen LogP contribution in [0.4, 0.5) is 10.1 Å². The normalized spacial score (nSPS) is 17.9. The van der Waals surface area contributed by atoms with Crippen LogP contribution in [0.25, 0.3) is 0 Å². The van der Waals surface area contributed by atoms with Gasteiger partial charge in [-0.15, -0.1) is 0 Å². The minimum Gasteiger partial charge on any atom is -0.365 e. The molecule has 1 aliphatic rings. The Bertz CT molecular complexity index is 630. The molecule has 0 fully saturated rings. The van der Waals surface area contributed by atoms with Crippen LogP contribution in [0.1, 0.15) is 11.1 Å². The average molecular weight is 335 g/mol. The molecule has 20 heavy (non-hydrogen) atoms. The van der Waals surface area contributed by atoms with Gasteiger partial charge in [0.1, 0.15) is 5.82 Å². The zero-order valence-corrected chi connectivity index (χ0v) is 12.6. The summed E-state index contributed by atoms with van der Waals surface area (Å²) in [5.74, 6) is -0.210. The number of benzene rings is 2.